The summed E-state index contributed by atoms with van der Waals surface area (Å²) in [6.07, 6.45) is 1.47. The highest BCUT2D eigenvalue weighted by molar-refractivity contribution is 7.89. The summed E-state index contributed by atoms with van der Waals surface area (Å²) in [5, 5.41) is 10.8. The number of halogens is 3. The maximum atomic E-state index is 13.4. The van der Waals surface area contributed by atoms with Gasteiger partial charge in [-0.3, -0.25) is 4.79 Å². The fourth-order valence-corrected chi connectivity index (χ4v) is 4.56. The van der Waals surface area contributed by atoms with Gasteiger partial charge in [0.05, 0.1) is 35.1 Å². The number of furan rings is 1. The van der Waals surface area contributed by atoms with Crippen molar-refractivity contribution in [2.45, 2.75) is 37.4 Å². The smallest absolute Gasteiger partial charge is 0.340 e. The number of benzene rings is 2. The number of sulfonamides is 1. The van der Waals surface area contributed by atoms with Crippen LogP contribution in [-0.2, 0) is 21.3 Å². The number of Topliss-reactive ketones (excluding diaryl/α,β-unsaturated/α-hetero) is 1. The zero-order valence-electron chi connectivity index (χ0n) is 19.8. The number of carbonyl (C=O) groups excluding carboxylic acids is 2. The van der Waals surface area contributed by atoms with Crippen LogP contribution in [0.1, 0.15) is 40.3 Å². The number of hydrogen-bond donors (Lipinski definition) is 3. The third-order valence-corrected chi connectivity index (χ3v) is 6.55. The van der Waals surface area contributed by atoms with Gasteiger partial charge < -0.3 is 19.8 Å². The quantitative estimate of drug-likeness (QED) is 0.239. The number of ketones is 1. The number of nitrogens with two attached hydrogens (primary N) is 1. The van der Waals surface area contributed by atoms with E-state index in [0.29, 0.717) is 11.8 Å². The Morgan fingerprint density at radius 3 is 2.41 bits per heavy atom. The van der Waals surface area contributed by atoms with E-state index in [1.807, 2.05) is 0 Å². The van der Waals surface area contributed by atoms with E-state index in [-0.39, 0.29) is 35.0 Å². The molecule has 0 saturated heterocycles. The van der Waals surface area contributed by atoms with Crippen LogP contribution in [0.4, 0.5) is 14.5 Å². The first-order valence-electron chi connectivity index (χ1n) is 10.9. The fourth-order valence-electron chi connectivity index (χ4n) is 3.46. The second kappa shape index (κ2) is 11.8. The summed E-state index contributed by atoms with van der Waals surface area (Å²) >= 11 is 6.07. The van der Waals surface area contributed by atoms with Crippen molar-refractivity contribution in [1.29, 1.82) is 0 Å². The molecule has 0 fully saturated rings. The molecule has 13 heteroatoms. The first-order valence-corrected chi connectivity index (χ1v) is 12.8. The Morgan fingerprint density at radius 2 is 1.81 bits per heavy atom. The Morgan fingerprint density at radius 1 is 1.14 bits per heavy atom. The van der Waals surface area contributed by atoms with Crippen LogP contribution in [0.5, 0.6) is 0 Å². The molecule has 9 nitrogen and oxygen atoms in total. The highest BCUT2D eigenvalue weighted by atomic mass is 35.5. The molecular formula is C24H24ClF2N3O6S. The van der Waals surface area contributed by atoms with Crippen LogP contribution in [0, 0.1) is 11.6 Å². The lowest BCUT2D eigenvalue weighted by atomic mass is 10.0. The fraction of sp³-hybridized carbons (Fsp3) is 0.250. The van der Waals surface area contributed by atoms with E-state index < -0.39 is 50.4 Å². The van der Waals surface area contributed by atoms with Gasteiger partial charge in [0.1, 0.15) is 28.9 Å². The minimum absolute atomic E-state index is 0.147. The monoisotopic (exact) mass is 555 g/mol. The summed E-state index contributed by atoms with van der Waals surface area (Å²) in [5.74, 6) is -2.66. The summed E-state index contributed by atoms with van der Waals surface area (Å²) in [7, 11) is -4.24. The minimum Gasteiger partial charge on any atom is -0.467 e. The van der Waals surface area contributed by atoms with Crippen LogP contribution >= 0.6 is 11.6 Å². The third kappa shape index (κ3) is 7.59. The van der Waals surface area contributed by atoms with Gasteiger partial charge in [0.2, 0.25) is 10.0 Å². The van der Waals surface area contributed by atoms with E-state index in [1.165, 1.54) is 19.3 Å². The molecule has 0 amide bonds. The lowest BCUT2D eigenvalue weighted by molar-refractivity contribution is 0.0468. The molecule has 0 unspecified atom stereocenters. The van der Waals surface area contributed by atoms with Crippen molar-refractivity contribution in [2.75, 3.05) is 11.9 Å². The van der Waals surface area contributed by atoms with E-state index in [4.69, 9.17) is 25.9 Å². The largest absolute Gasteiger partial charge is 0.467 e. The van der Waals surface area contributed by atoms with Gasteiger partial charge in [-0.05, 0) is 50.2 Å². The number of carbonyl (C=O) groups is 2. The molecule has 0 aliphatic carbocycles. The van der Waals surface area contributed by atoms with Crippen molar-refractivity contribution >= 4 is 39.1 Å². The second-order valence-electron chi connectivity index (χ2n) is 8.22. The number of ether oxygens (including phenoxy) is 1. The van der Waals surface area contributed by atoms with E-state index in [1.54, 1.807) is 19.1 Å². The van der Waals surface area contributed by atoms with Crippen LogP contribution in [0.3, 0.4) is 0 Å². The number of anilines is 1. The first-order chi connectivity index (χ1) is 17.3. The predicted molar refractivity (Wildman–Crippen MR) is 132 cm³/mol. The van der Waals surface area contributed by atoms with E-state index in [9.17, 15) is 26.8 Å². The van der Waals surface area contributed by atoms with Crippen molar-refractivity contribution in [3.05, 3.63) is 82.3 Å². The van der Waals surface area contributed by atoms with Gasteiger partial charge in [-0.15, -0.1) is 0 Å². The van der Waals surface area contributed by atoms with Crippen LogP contribution < -0.4 is 15.8 Å². The lowest BCUT2D eigenvalue weighted by Crippen LogP contribution is -2.42. The molecule has 0 aliphatic heterocycles. The molecule has 0 aliphatic rings. The molecule has 0 bridgehead atoms. The molecule has 2 aromatic carbocycles. The Hall–Kier alpha value is -3.32. The van der Waals surface area contributed by atoms with Gasteiger partial charge in [0, 0.05) is 17.7 Å². The predicted octanol–water partition coefficient (Wildman–Crippen LogP) is 3.88. The molecule has 0 radical (unpaired) electrons. The average molecular weight is 556 g/mol. The van der Waals surface area contributed by atoms with Crippen LogP contribution in [0.15, 0.2) is 58.0 Å². The third-order valence-electron chi connectivity index (χ3n) is 5.17. The lowest BCUT2D eigenvalue weighted by Gasteiger charge is -2.20. The summed E-state index contributed by atoms with van der Waals surface area (Å²) in [4.78, 5) is 25.0. The summed E-state index contributed by atoms with van der Waals surface area (Å²) in [5.41, 5.74) is -0.117. The number of esters is 1. The van der Waals surface area contributed by atoms with Gasteiger partial charge >= 0.3 is 5.97 Å². The number of hydrogen-bond acceptors (Lipinski definition) is 8. The van der Waals surface area contributed by atoms with Crippen molar-refractivity contribution < 1.29 is 35.9 Å². The summed E-state index contributed by atoms with van der Waals surface area (Å²) in [6.45, 7) is 3.06. The molecule has 198 valence electrons. The Kier molecular flexibility index (Phi) is 9.02. The zero-order chi connectivity index (χ0) is 27.3. The summed E-state index contributed by atoms with van der Waals surface area (Å²) < 4.78 is 61.3. The van der Waals surface area contributed by atoms with Gasteiger partial charge in [0.25, 0.3) is 0 Å². The molecule has 0 spiro atoms. The van der Waals surface area contributed by atoms with Crippen LogP contribution in [0.25, 0.3) is 0 Å². The topological polar surface area (TPSA) is 141 Å². The summed E-state index contributed by atoms with van der Waals surface area (Å²) in [6, 6.07) is 6.70. The highest BCUT2D eigenvalue weighted by Gasteiger charge is 2.23. The van der Waals surface area contributed by atoms with Crippen molar-refractivity contribution in [2.24, 2.45) is 5.14 Å². The Bertz CT molecular complexity index is 1380. The molecule has 4 N–H and O–H groups in total. The molecule has 3 rings (SSSR count). The van der Waals surface area contributed by atoms with E-state index in [0.717, 1.165) is 18.2 Å². The van der Waals surface area contributed by atoms with Crippen molar-refractivity contribution in [1.82, 2.24) is 5.32 Å². The van der Waals surface area contributed by atoms with E-state index >= 15 is 0 Å². The molecule has 3 aromatic rings. The Labute approximate surface area is 217 Å². The average Bonchev–Trinajstić information content (AvgIpc) is 3.33. The normalized spacial score (nSPS) is 13.1. The first kappa shape index (κ1) is 28.3. The molecular weight excluding hydrogens is 532 g/mol. The van der Waals surface area contributed by atoms with Gasteiger partial charge in [-0.2, -0.15) is 0 Å². The van der Waals surface area contributed by atoms with E-state index in [2.05, 4.69) is 10.6 Å². The zero-order valence-corrected chi connectivity index (χ0v) is 21.3. The Balaban J connectivity index is 1.71. The highest BCUT2D eigenvalue weighted by Crippen LogP contribution is 2.29. The number of nitrogens with one attached hydrogen (secondary N) is 2. The van der Waals surface area contributed by atoms with Gasteiger partial charge in [0.15, 0.2) is 5.78 Å². The van der Waals surface area contributed by atoms with Crippen molar-refractivity contribution in [3.8, 4) is 0 Å². The number of primary sulfonamides is 1. The van der Waals surface area contributed by atoms with Gasteiger partial charge in [-0.25, -0.2) is 27.1 Å². The van der Waals surface area contributed by atoms with Gasteiger partial charge in [-0.1, -0.05) is 11.6 Å². The number of rotatable bonds is 11. The van der Waals surface area contributed by atoms with Crippen LogP contribution in [0.2, 0.25) is 5.02 Å². The van der Waals surface area contributed by atoms with Crippen LogP contribution in [-0.4, -0.2) is 38.9 Å². The molecule has 1 aromatic heterocycles. The molecule has 1 heterocycles. The molecule has 0 saturated carbocycles. The molecule has 2 atom stereocenters. The minimum atomic E-state index is -4.24. The van der Waals surface area contributed by atoms with Crippen molar-refractivity contribution in [3.63, 3.8) is 0 Å². The second-order valence-corrected chi connectivity index (χ2v) is 10.2. The standard InChI is InChI=1S/C24H24ClF2N3O6S/c1-13(30-14(2)23(31)15-6-16(26)8-17(27)7-15)12-36-24(32)19-9-22(37(28,33)34)20(25)10-21(19)29-11-18-4-3-5-35-18/h3-10,13-14,29-30H,11-12H2,1-2H3,(H2,28,33,34)/t13-,14-/m1/s1. The maximum Gasteiger partial charge on any atom is 0.340 e. The molecule has 37 heavy (non-hydrogen) atoms. The maximum absolute atomic E-state index is 13.4. The SMILES string of the molecule is C[C@H](COC(=O)c1cc(S(N)(=O)=O)c(Cl)cc1NCc1ccco1)N[C@H](C)C(=O)c1cc(F)cc(F)c1.